The summed E-state index contributed by atoms with van der Waals surface area (Å²) in [6.07, 6.45) is -0.511. The number of aliphatic hydroxyl groups is 1. The van der Waals surface area contributed by atoms with Crippen LogP contribution in [0.1, 0.15) is 24.2 Å². The molecule has 0 heterocycles. The molecular weight excluding hydrogens is 293 g/mol. The lowest BCUT2D eigenvalue weighted by atomic mass is 10.1. The van der Waals surface area contributed by atoms with Crippen molar-refractivity contribution in [2.45, 2.75) is 19.6 Å². The van der Waals surface area contributed by atoms with E-state index in [0.717, 1.165) is 28.4 Å². The molecule has 1 N–H and O–H groups in total. The number of anilines is 1. The first-order valence-electron chi connectivity index (χ1n) is 6.40. The quantitative estimate of drug-likeness (QED) is 0.886. The summed E-state index contributed by atoms with van der Waals surface area (Å²) in [7, 11) is 1.98. The van der Waals surface area contributed by atoms with Crippen molar-refractivity contribution in [2.75, 3.05) is 11.9 Å². The maximum Gasteiger partial charge on any atom is 0.0762 e. The van der Waals surface area contributed by atoms with Crippen molar-refractivity contribution in [3.05, 3.63) is 63.6 Å². The van der Waals surface area contributed by atoms with Gasteiger partial charge in [-0.2, -0.15) is 0 Å². The first kappa shape index (κ1) is 15.2. The fourth-order valence-corrected chi connectivity index (χ4v) is 2.50. The molecule has 106 valence electrons. The molecule has 0 spiro atoms. The predicted molar refractivity (Wildman–Crippen MR) is 85.6 cm³/mol. The summed E-state index contributed by atoms with van der Waals surface area (Å²) < 4.78 is 0. The molecule has 2 nitrogen and oxygen atoms in total. The average Bonchev–Trinajstić information content (AvgIpc) is 2.41. The molecule has 0 aliphatic rings. The van der Waals surface area contributed by atoms with Crippen molar-refractivity contribution in [1.29, 1.82) is 0 Å². The fourth-order valence-electron chi connectivity index (χ4n) is 2.04. The number of hydrogen-bond acceptors (Lipinski definition) is 2. The lowest BCUT2D eigenvalue weighted by molar-refractivity contribution is 0.199. The van der Waals surface area contributed by atoms with Crippen LogP contribution < -0.4 is 4.90 Å². The van der Waals surface area contributed by atoms with Crippen molar-refractivity contribution >= 4 is 28.9 Å². The van der Waals surface area contributed by atoms with E-state index in [0.29, 0.717) is 5.02 Å². The van der Waals surface area contributed by atoms with E-state index in [1.807, 2.05) is 43.4 Å². The van der Waals surface area contributed by atoms with Gasteiger partial charge in [0.25, 0.3) is 0 Å². The lowest BCUT2D eigenvalue weighted by Crippen LogP contribution is -2.16. The van der Waals surface area contributed by atoms with E-state index in [1.165, 1.54) is 0 Å². The summed E-state index contributed by atoms with van der Waals surface area (Å²) in [5, 5.41) is 10.9. The Morgan fingerprint density at radius 3 is 2.30 bits per heavy atom. The van der Waals surface area contributed by atoms with Gasteiger partial charge in [-0.05, 0) is 42.3 Å². The van der Waals surface area contributed by atoms with Gasteiger partial charge < -0.3 is 10.0 Å². The maximum atomic E-state index is 9.55. The highest BCUT2D eigenvalue weighted by Crippen LogP contribution is 2.29. The van der Waals surface area contributed by atoms with Gasteiger partial charge in [0.1, 0.15) is 0 Å². The first-order valence-corrected chi connectivity index (χ1v) is 7.16. The minimum atomic E-state index is -0.511. The third-order valence-corrected chi connectivity index (χ3v) is 3.75. The molecule has 2 aromatic carbocycles. The highest BCUT2D eigenvalue weighted by Gasteiger charge is 2.09. The second-order valence-electron chi connectivity index (χ2n) is 4.87. The van der Waals surface area contributed by atoms with Crippen molar-refractivity contribution in [1.82, 2.24) is 0 Å². The fraction of sp³-hybridized carbons (Fsp3) is 0.250. The molecule has 20 heavy (non-hydrogen) atoms. The zero-order valence-corrected chi connectivity index (χ0v) is 13.0. The Kier molecular flexibility index (Phi) is 4.92. The average molecular weight is 310 g/mol. The Morgan fingerprint density at radius 1 is 1.10 bits per heavy atom. The van der Waals surface area contributed by atoms with Gasteiger partial charge in [0.2, 0.25) is 0 Å². The van der Waals surface area contributed by atoms with Gasteiger partial charge in [0.15, 0.2) is 0 Å². The highest BCUT2D eigenvalue weighted by atomic mass is 35.5. The predicted octanol–water partition coefficient (Wildman–Crippen LogP) is 4.68. The van der Waals surface area contributed by atoms with Crippen molar-refractivity contribution in [3.63, 3.8) is 0 Å². The molecule has 0 aliphatic heterocycles. The van der Waals surface area contributed by atoms with Crippen LogP contribution in [0.15, 0.2) is 42.5 Å². The normalized spacial score (nSPS) is 12.2. The number of benzene rings is 2. The third-order valence-electron chi connectivity index (χ3n) is 3.20. The number of nitrogens with zero attached hydrogens (tertiary/aromatic N) is 1. The molecule has 4 heteroatoms. The molecule has 0 aromatic heterocycles. The number of aliphatic hydroxyl groups excluding tert-OH is 1. The topological polar surface area (TPSA) is 23.5 Å². The van der Waals surface area contributed by atoms with Crippen LogP contribution in [0.5, 0.6) is 0 Å². The summed E-state index contributed by atoms with van der Waals surface area (Å²) in [4.78, 5) is 2.07. The van der Waals surface area contributed by atoms with E-state index in [4.69, 9.17) is 23.2 Å². The Bertz CT molecular complexity index is 582. The minimum Gasteiger partial charge on any atom is -0.389 e. The molecule has 0 fully saturated rings. The molecule has 0 saturated carbocycles. The van der Waals surface area contributed by atoms with Gasteiger partial charge in [-0.25, -0.2) is 0 Å². The Balaban J connectivity index is 2.16. The minimum absolute atomic E-state index is 0.511. The molecular formula is C16H17Cl2NO. The van der Waals surface area contributed by atoms with E-state index >= 15 is 0 Å². The van der Waals surface area contributed by atoms with Gasteiger partial charge in [0.05, 0.1) is 16.8 Å². The zero-order valence-electron chi connectivity index (χ0n) is 11.5. The second-order valence-corrected chi connectivity index (χ2v) is 5.71. The Labute approximate surface area is 129 Å². The van der Waals surface area contributed by atoms with Crippen molar-refractivity contribution < 1.29 is 5.11 Å². The van der Waals surface area contributed by atoms with Crippen LogP contribution in [0.4, 0.5) is 5.69 Å². The van der Waals surface area contributed by atoms with E-state index in [9.17, 15) is 5.11 Å². The summed E-state index contributed by atoms with van der Waals surface area (Å²) in [5.74, 6) is 0. The second kappa shape index (κ2) is 6.49. The molecule has 0 radical (unpaired) electrons. The van der Waals surface area contributed by atoms with Crippen LogP contribution in [0.2, 0.25) is 10.0 Å². The van der Waals surface area contributed by atoms with Crippen LogP contribution in [-0.2, 0) is 6.54 Å². The first-order chi connectivity index (χ1) is 9.47. The van der Waals surface area contributed by atoms with E-state index in [1.54, 1.807) is 13.0 Å². The largest absolute Gasteiger partial charge is 0.389 e. The molecule has 0 saturated heterocycles. The molecule has 2 aromatic rings. The molecule has 0 unspecified atom stereocenters. The van der Waals surface area contributed by atoms with Crippen LogP contribution in [0, 0.1) is 0 Å². The number of halogens is 2. The van der Waals surface area contributed by atoms with E-state index in [-0.39, 0.29) is 0 Å². The third kappa shape index (κ3) is 3.66. The summed E-state index contributed by atoms with van der Waals surface area (Å²) >= 11 is 12.2. The SMILES string of the molecule is C[C@H](O)c1ccc(N(C)Cc2ccc(Cl)cc2)c(Cl)c1. The molecule has 1 atom stereocenters. The monoisotopic (exact) mass is 309 g/mol. The van der Waals surface area contributed by atoms with Crippen LogP contribution in [0.25, 0.3) is 0 Å². The van der Waals surface area contributed by atoms with Gasteiger partial charge in [-0.3, -0.25) is 0 Å². The summed E-state index contributed by atoms with van der Waals surface area (Å²) in [5.41, 5.74) is 2.91. The maximum absolute atomic E-state index is 9.55. The molecule has 0 bridgehead atoms. The molecule has 2 rings (SSSR count). The Hall–Kier alpha value is -1.22. The standard InChI is InChI=1S/C16H17Cl2NO/c1-11(20)13-5-8-16(15(18)9-13)19(2)10-12-3-6-14(17)7-4-12/h3-9,11,20H,10H2,1-2H3/t11-/m0/s1. The van der Waals surface area contributed by atoms with Crippen molar-refractivity contribution in [2.24, 2.45) is 0 Å². The molecule has 0 amide bonds. The van der Waals surface area contributed by atoms with Crippen LogP contribution >= 0.6 is 23.2 Å². The number of rotatable bonds is 4. The smallest absolute Gasteiger partial charge is 0.0762 e. The summed E-state index contributed by atoms with van der Waals surface area (Å²) in [6.45, 7) is 2.47. The zero-order chi connectivity index (χ0) is 14.7. The highest BCUT2D eigenvalue weighted by molar-refractivity contribution is 6.33. The van der Waals surface area contributed by atoms with Gasteiger partial charge in [-0.1, -0.05) is 41.4 Å². The van der Waals surface area contributed by atoms with Gasteiger partial charge in [-0.15, -0.1) is 0 Å². The van der Waals surface area contributed by atoms with Gasteiger partial charge in [0, 0.05) is 18.6 Å². The van der Waals surface area contributed by atoms with Crippen molar-refractivity contribution in [3.8, 4) is 0 Å². The number of hydrogen-bond donors (Lipinski definition) is 1. The summed E-state index contributed by atoms with van der Waals surface area (Å²) in [6, 6.07) is 13.4. The van der Waals surface area contributed by atoms with Gasteiger partial charge >= 0.3 is 0 Å². The van der Waals surface area contributed by atoms with Crippen LogP contribution in [-0.4, -0.2) is 12.2 Å². The van der Waals surface area contributed by atoms with E-state index < -0.39 is 6.10 Å². The lowest BCUT2D eigenvalue weighted by Gasteiger charge is -2.21. The van der Waals surface area contributed by atoms with Crippen LogP contribution in [0.3, 0.4) is 0 Å². The Morgan fingerprint density at radius 2 is 1.75 bits per heavy atom. The molecule has 0 aliphatic carbocycles. The van der Waals surface area contributed by atoms with E-state index in [2.05, 4.69) is 4.90 Å².